The van der Waals surface area contributed by atoms with E-state index in [-0.39, 0.29) is 0 Å². The zero-order valence-corrected chi connectivity index (χ0v) is 14.4. The molecular formula is C16H30OSi. The Morgan fingerprint density at radius 2 is 1.39 bits per heavy atom. The van der Waals surface area contributed by atoms with Crippen LogP contribution in [0, 0.1) is 0 Å². The van der Waals surface area contributed by atoms with Crippen molar-refractivity contribution in [2.24, 2.45) is 0 Å². The highest BCUT2D eigenvalue weighted by atomic mass is 28.4. The molecule has 1 aliphatic carbocycles. The maximum atomic E-state index is 6.71. The van der Waals surface area contributed by atoms with E-state index in [2.05, 4.69) is 61.5 Å². The smallest absolute Gasteiger partial charge is 0.258 e. The third-order valence-corrected chi connectivity index (χ3v) is 10.6. The Hall–Kier alpha value is -0.503. The molecule has 0 bridgehead atoms. The topological polar surface area (TPSA) is 9.23 Å². The average molecular weight is 267 g/mol. The quantitative estimate of drug-likeness (QED) is 0.571. The highest BCUT2D eigenvalue weighted by Gasteiger charge is 2.47. The maximum absolute atomic E-state index is 6.71. The molecular weight excluding hydrogens is 236 g/mol. The molecule has 104 valence electrons. The van der Waals surface area contributed by atoms with Crippen molar-refractivity contribution in [3.05, 3.63) is 23.0 Å². The lowest BCUT2D eigenvalue weighted by Gasteiger charge is -2.42. The Bertz CT molecular complexity index is 340. The van der Waals surface area contributed by atoms with Gasteiger partial charge in [0.05, 0.1) is 0 Å². The first-order valence-electron chi connectivity index (χ1n) is 7.29. The van der Waals surface area contributed by atoms with Gasteiger partial charge in [-0.15, -0.1) is 0 Å². The third-order valence-electron chi connectivity index (χ3n) is 4.60. The normalized spacial score (nSPS) is 17.2. The molecule has 1 aliphatic rings. The molecule has 0 N–H and O–H groups in total. The van der Waals surface area contributed by atoms with E-state index < -0.39 is 8.32 Å². The molecule has 2 heteroatoms. The summed E-state index contributed by atoms with van der Waals surface area (Å²) in [5, 5.41) is 0. The van der Waals surface area contributed by atoms with Gasteiger partial charge >= 0.3 is 0 Å². The Kier molecular flexibility index (Phi) is 4.88. The highest BCUT2D eigenvalue weighted by molar-refractivity contribution is 6.77. The third kappa shape index (κ3) is 2.58. The predicted octanol–water partition coefficient (Wildman–Crippen LogP) is 5.80. The highest BCUT2D eigenvalue weighted by Crippen LogP contribution is 2.45. The van der Waals surface area contributed by atoms with Crippen LogP contribution >= 0.6 is 0 Å². The second-order valence-corrected chi connectivity index (χ2v) is 12.0. The molecule has 0 atom stereocenters. The van der Waals surface area contributed by atoms with Crippen molar-refractivity contribution in [1.82, 2.24) is 0 Å². The van der Waals surface area contributed by atoms with Gasteiger partial charge in [0.1, 0.15) is 5.76 Å². The summed E-state index contributed by atoms with van der Waals surface area (Å²) in [5.41, 5.74) is 4.77. The van der Waals surface area contributed by atoms with Gasteiger partial charge in [0.2, 0.25) is 0 Å². The predicted molar refractivity (Wildman–Crippen MR) is 83.2 cm³/mol. The summed E-state index contributed by atoms with van der Waals surface area (Å²) in [4.78, 5) is 0. The number of hydrogen-bond donors (Lipinski definition) is 0. The Morgan fingerprint density at radius 3 is 1.67 bits per heavy atom. The van der Waals surface area contributed by atoms with Crippen molar-refractivity contribution in [2.45, 2.75) is 78.4 Å². The Labute approximate surface area is 114 Å². The molecule has 0 aromatic carbocycles. The van der Waals surface area contributed by atoms with Crippen molar-refractivity contribution in [3.8, 4) is 0 Å². The van der Waals surface area contributed by atoms with Crippen LogP contribution in [0.4, 0.5) is 0 Å². The lowest BCUT2D eigenvalue weighted by molar-refractivity contribution is 0.381. The first-order valence-corrected chi connectivity index (χ1v) is 9.43. The fraction of sp³-hybridized carbons (Fsp3) is 0.750. The monoisotopic (exact) mass is 266 g/mol. The molecule has 0 unspecified atom stereocenters. The van der Waals surface area contributed by atoms with Gasteiger partial charge in [-0.05, 0) is 48.5 Å². The first kappa shape index (κ1) is 15.6. The average Bonchev–Trinajstić information content (AvgIpc) is 2.55. The van der Waals surface area contributed by atoms with Crippen LogP contribution in [0.5, 0.6) is 0 Å². The minimum atomic E-state index is -1.77. The zero-order valence-electron chi connectivity index (χ0n) is 13.4. The zero-order chi connectivity index (χ0) is 14.1. The Morgan fingerprint density at radius 1 is 0.944 bits per heavy atom. The number of allylic oxidation sites excluding steroid dienone is 3. The number of rotatable bonds is 5. The molecule has 18 heavy (non-hydrogen) atoms. The standard InChI is InChI=1S/C16H30OSi/c1-11(2)18(12(3)4,13(5)6)17-16-10-9-14(7)15(16)8/h10-13H,9H2,1-8H3. The van der Waals surface area contributed by atoms with Crippen LogP contribution in [0.15, 0.2) is 23.0 Å². The summed E-state index contributed by atoms with van der Waals surface area (Å²) in [5.74, 6) is 1.18. The summed E-state index contributed by atoms with van der Waals surface area (Å²) in [7, 11) is -1.77. The molecule has 0 saturated heterocycles. The molecule has 0 saturated carbocycles. The SMILES string of the molecule is CC1=C(C)C(O[Si](C(C)C)(C(C)C)C(C)C)=CC1. The molecule has 0 fully saturated rings. The summed E-state index contributed by atoms with van der Waals surface area (Å²) in [6.07, 6.45) is 3.35. The summed E-state index contributed by atoms with van der Waals surface area (Å²) >= 11 is 0. The van der Waals surface area contributed by atoms with Gasteiger partial charge < -0.3 is 4.43 Å². The van der Waals surface area contributed by atoms with Crippen molar-refractivity contribution in [3.63, 3.8) is 0 Å². The van der Waals surface area contributed by atoms with Gasteiger partial charge in [0.25, 0.3) is 8.32 Å². The molecule has 0 aliphatic heterocycles. The van der Waals surface area contributed by atoms with Crippen molar-refractivity contribution in [2.75, 3.05) is 0 Å². The van der Waals surface area contributed by atoms with E-state index in [1.807, 2.05) is 0 Å². The lowest BCUT2D eigenvalue weighted by atomic mass is 10.2. The fourth-order valence-electron chi connectivity index (χ4n) is 3.42. The molecule has 0 aromatic rings. The molecule has 0 spiro atoms. The molecule has 1 rings (SSSR count). The molecule has 0 radical (unpaired) electrons. The maximum Gasteiger partial charge on any atom is 0.258 e. The van der Waals surface area contributed by atoms with Crippen LogP contribution in [0.3, 0.4) is 0 Å². The summed E-state index contributed by atoms with van der Waals surface area (Å²) in [6, 6.07) is 0. The lowest BCUT2D eigenvalue weighted by Crippen LogP contribution is -2.47. The number of hydrogen-bond acceptors (Lipinski definition) is 1. The van der Waals surface area contributed by atoms with Gasteiger partial charge in [-0.3, -0.25) is 0 Å². The van der Waals surface area contributed by atoms with Crippen LogP contribution in [-0.4, -0.2) is 8.32 Å². The van der Waals surface area contributed by atoms with E-state index in [9.17, 15) is 0 Å². The van der Waals surface area contributed by atoms with Crippen molar-refractivity contribution < 1.29 is 4.43 Å². The van der Waals surface area contributed by atoms with Crippen LogP contribution in [0.25, 0.3) is 0 Å². The van der Waals surface area contributed by atoms with Crippen LogP contribution in [-0.2, 0) is 4.43 Å². The van der Waals surface area contributed by atoms with Crippen molar-refractivity contribution in [1.29, 1.82) is 0 Å². The largest absolute Gasteiger partial charge is 0.543 e. The van der Waals surface area contributed by atoms with Gasteiger partial charge in [-0.25, -0.2) is 0 Å². The van der Waals surface area contributed by atoms with E-state index in [1.165, 1.54) is 16.9 Å². The second-order valence-electron chi connectivity index (χ2n) is 6.60. The molecule has 1 nitrogen and oxygen atoms in total. The van der Waals surface area contributed by atoms with Crippen LogP contribution in [0.2, 0.25) is 16.6 Å². The minimum Gasteiger partial charge on any atom is -0.543 e. The second kappa shape index (κ2) is 5.64. The van der Waals surface area contributed by atoms with E-state index in [4.69, 9.17) is 4.43 Å². The van der Waals surface area contributed by atoms with E-state index in [0.717, 1.165) is 6.42 Å². The van der Waals surface area contributed by atoms with Crippen LogP contribution < -0.4 is 0 Å². The first-order chi connectivity index (χ1) is 8.23. The van der Waals surface area contributed by atoms with Gasteiger partial charge in [-0.1, -0.05) is 47.1 Å². The van der Waals surface area contributed by atoms with E-state index in [1.54, 1.807) is 0 Å². The Balaban J connectivity index is 3.08. The molecule has 0 heterocycles. The van der Waals surface area contributed by atoms with Gasteiger partial charge in [-0.2, -0.15) is 0 Å². The summed E-state index contributed by atoms with van der Waals surface area (Å²) < 4.78 is 6.71. The van der Waals surface area contributed by atoms with Gasteiger partial charge in [0.15, 0.2) is 0 Å². The fourth-order valence-corrected chi connectivity index (χ4v) is 8.75. The van der Waals surface area contributed by atoms with Gasteiger partial charge in [0, 0.05) is 0 Å². The minimum absolute atomic E-state index is 0.645. The summed E-state index contributed by atoms with van der Waals surface area (Å²) in [6.45, 7) is 18.5. The van der Waals surface area contributed by atoms with Crippen LogP contribution in [0.1, 0.15) is 61.8 Å². The van der Waals surface area contributed by atoms with E-state index >= 15 is 0 Å². The van der Waals surface area contributed by atoms with Crippen molar-refractivity contribution >= 4 is 8.32 Å². The van der Waals surface area contributed by atoms with E-state index in [0.29, 0.717) is 16.6 Å². The molecule has 0 aromatic heterocycles. The molecule has 0 amide bonds.